The molecule has 1 saturated heterocycles. The van der Waals surface area contributed by atoms with E-state index in [9.17, 15) is 14.4 Å². The maximum absolute atomic E-state index is 12.5. The van der Waals surface area contributed by atoms with Gasteiger partial charge in [-0.15, -0.1) is 0 Å². The van der Waals surface area contributed by atoms with E-state index in [1.54, 1.807) is 30.5 Å². The number of nitrogens with zero attached hydrogens (tertiary/aromatic N) is 2. The quantitative estimate of drug-likeness (QED) is 0.717. The minimum atomic E-state index is -0.880. The van der Waals surface area contributed by atoms with Gasteiger partial charge in [0.05, 0.1) is 19.2 Å². The van der Waals surface area contributed by atoms with Crippen LogP contribution in [0.1, 0.15) is 12.1 Å². The Bertz CT molecular complexity index is 823. The molecular weight excluding hydrogens is 348 g/mol. The van der Waals surface area contributed by atoms with Crippen molar-refractivity contribution in [2.24, 2.45) is 0 Å². The summed E-state index contributed by atoms with van der Waals surface area (Å²) in [6.07, 6.45) is 2.17. The zero-order valence-corrected chi connectivity index (χ0v) is 14.8. The van der Waals surface area contributed by atoms with Crippen LogP contribution in [0.4, 0.5) is 10.5 Å². The number of carbonyl (C=O) groups is 3. The molecule has 1 aliphatic heterocycles. The lowest BCUT2D eigenvalue weighted by molar-refractivity contribution is -0.125. The van der Waals surface area contributed by atoms with E-state index in [0.717, 1.165) is 10.6 Å². The maximum atomic E-state index is 12.5. The molecule has 2 heterocycles. The highest BCUT2D eigenvalue weighted by Crippen LogP contribution is 2.23. The SMILES string of the molecule is COc1ccc(N2C(=O)N[C@H](CC(=O)NCCc3ccccn3)C2=O)cc1. The summed E-state index contributed by atoms with van der Waals surface area (Å²) in [5, 5.41) is 5.30. The summed E-state index contributed by atoms with van der Waals surface area (Å²) >= 11 is 0. The number of anilines is 1. The summed E-state index contributed by atoms with van der Waals surface area (Å²) in [5.41, 5.74) is 1.30. The van der Waals surface area contributed by atoms with Gasteiger partial charge < -0.3 is 15.4 Å². The van der Waals surface area contributed by atoms with Gasteiger partial charge in [0.15, 0.2) is 0 Å². The van der Waals surface area contributed by atoms with Crippen molar-refractivity contribution in [1.82, 2.24) is 15.6 Å². The summed E-state index contributed by atoms with van der Waals surface area (Å²) in [6.45, 7) is 0.410. The van der Waals surface area contributed by atoms with Gasteiger partial charge in [-0.05, 0) is 36.4 Å². The van der Waals surface area contributed by atoms with E-state index in [0.29, 0.717) is 24.4 Å². The van der Waals surface area contributed by atoms with Crippen molar-refractivity contribution < 1.29 is 19.1 Å². The minimum absolute atomic E-state index is 0.112. The van der Waals surface area contributed by atoms with Gasteiger partial charge in [-0.2, -0.15) is 0 Å². The molecule has 1 aromatic heterocycles. The average molecular weight is 368 g/mol. The number of aromatic nitrogens is 1. The number of hydrogen-bond donors (Lipinski definition) is 2. The molecule has 0 aliphatic carbocycles. The molecule has 0 unspecified atom stereocenters. The van der Waals surface area contributed by atoms with Gasteiger partial charge in [0.2, 0.25) is 5.91 Å². The number of urea groups is 1. The highest BCUT2D eigenvalue weighted by Gasteiger charge is 2.39. The zero-order chi connectivity index (χ0) is 19.2. The molecule has 2 aromatic rings. The van der Waals surface area contributed by atoms with Gasteiger partial charge in [-0.1, -0.05) is 6.07 Å². The molecule has 2 N–H and O–H groups in total. The third-order valence-electron chi connectivity index (χ3n) is 4.17. The zero-order valence-electron chi connectivity index (χ0n) is 14.8. The van der Waals surface area contributed by atoms with Gasteiger partial charge in [-0.25, -0.2) is 9.69 Å². The van der Waals surface area contributed by atoms with Crippen LogP contribution in [0.2, 0.25) is 0 Å². The van der Waals surface area contributed by atoms with Crippen molar-refractivity contribution in [2.45, 2.75) is 18.9 Å². The lowest BCUT2D eigenvalue weighted by atomic mass is 10.2. The normalized spacial score (nSPS) is 16.2. The maximum Gasteiger partial charge on any atom is 0.329 e. The van der Waals surface area contributed by atoms with Crippen LogP contribution in [-0.4, -0.2) is 42.5 Å². The molecule has 0 radical (unpaired) electrons. The molecule has 1 aliphatic rings. The van der Waals surface area contributed by atoms with Crippen molar-refractivity contribution in [1.29, 1.82) is 0 Å². The van der Waals surface area contributed by atoms with Gasteiger partial charge in [0.25, 0.3) is 5.91 Å². The largest absolute Gasteiger partial charge is 0.497 e. The second-order valence-corrected chi connectivity index (χ2v) is 6.00. The molecule has 8 heteroatoms. The van der Waals surface area contributed by atoms with Gasteiger partial charge >= 0.3 is 6.03 Å². The molecule has 4 amide bonds. The van der Waals surface area contributed by atoms with E-state index in [-0.39, 0.29) is 12.3 Å². The molecule has 1 fully saturated rings. The standard InChI is InChI=1S/C19H20N4O4/c1-27-15-7-5-14(6-8-15)23-18(25)16(22-19(23)26)12-17(24)21-11-9-13-4-2-3-10-20-13/h2-8,10,16H,9,11-12H2,1H3,(H,21,24)(H,22,26)/t16-/m1/s1. The summed E-state index contributed by atoms with van der Waals surface area (Å²) in [6, 6.07) is 10.7. The molecular formula is C19H20N4O4. The van der Waals surface area contributed by atoms with Crippen LogP contribution < -0.4 is 20.3 Å². The van der Waals surface area contributed by atoms with Crippen molar-refractivity contribution in [3.05, 3.63) is 54.4 Å². The van der Waals surface area contributed by atoms with Gasteiger partial charge in [0, 0.05) is 24.9 Å². The van der Waals surface area contributed by atoms with Crippen LogP contribution >= 0.6 is 0 Å². The fourth-order valence-corrected chi connectivity index (χ4v) is 2.78. The topological polar surface area (TPSA) is 101 Å². The van der Waals surface area contributed by atoms with E-state index >= 15 is 0 Å². The van der Waals surface area contributed by atoms with Crippen molar-refractivity contribution >= 4 is 23.5 Å². The first-order valence-corrected chi connectivity index (χ1v) is 8.53. The first-order chi connectivity index (χ1) is 13.1. The smallest absolute Gasteiger partial charge is 0.329 e. The van der Waals surface area contributed by atoms with Crippen LogP contribution in [0, 0.1) is 0 Å². The van der Waals surface area contributed by atoms with E-state index < -0.39 is 18.0 Å². The fraction of sp³-hybridized carbons (Fsp3) is 0.263. The highest BCUT2D eigenvalue weighted by atomic mass is 16.5. The molecule has 140 valence electrons. The van der Waals surface area contributed by atoms with E-state index in [1.807, 2.05) is 18.2 Å². The number of amides is 4. The number of pyridine rings is 1. The van der Waals surface area contributed by atoms with Crippen LogP contribution in [0.15, 0.2) is 48.7 Å². The minimum Gasteiger partial charge on any atom is -0.497 e. The molecule has 27 heavy (non-hydrogen) atoms. The third-order valence-corrected chi connectivity index (χ3v) is 4.17. The molecule has 8 nitrogen and oxygen atoms in total. The molecule has 0 saturated carbocycles. The van der Waals surface area contributed by atoms with E-state index in [4.69, 9.17) is 4.74 Å². The number of hydrogen-bond acceptors (Lipinski definition) is 5. The Morgan fingerprint density at radius 2 is 2.00 bits per heavy atom. The van der Waals surface area contributed by atoms with Crippen LogP contribution in [0.25, 0.3) is 0 Å². The average Bonchev–Trinajstić information content (AvgIpc) is 2.96. The first-order valence-electron chi connectivity index (χ1n) is 8.53. The van der Waals surface area contributed by atoms with E-state index in [1.165, 1.54) is 7.11 Å². The number of rotatable bonds is 7. The number of ether oxygens (including phenoxy) is 1. The number of benzene rings is 1. The molecule has 1 atom stereocenters. The molecule has 1 aromatic carbocycles. The Labute approximate surface area is 156 Å². The molecule has 3 rings (SSSR count). The second kappa shape index (κ2) is 8.31. The summed E-state index contributed by atoms with van der Waals surface area (Å²) in [7, 11) is 1.53. The number of carbonyl (C=O) groups excluding carboxylic acids is 3. The van der Waals surface area contributed by atoms with Gasteiger partial charge in [-0.3, -0.25) is 14.6 Å². The first kappa shape index (κ1) is 18.4. The van der Waals surface area contributed by atoms with Gasteiger partial charge in [0.1, 0.15) is 11.8 Å². The predicted octanol–water partition coefficient (Wildman–Crippen LogP) is 1.26. The number of imide groups is 1. The molecule has 0 spiro atoms. The lowest BCUT2D eigenvalue weighted by Gasteiger charge is -2.13. The number of nitrogens with one attached hydrogen (secondary N) is 2. The second-order valence-electron chi connectivity index (χ2n) is 6.00. The Hall–Kier alpha value is -3.42. The highest BCUT2D eigenvalue weighted by molar-refractivity contribution is 6.22. The van der Waals surface area contributed by atoms with Crippen LogP contribution in [0.5, 0.6) is 5.75 Å². The van der Waals surface area contributed by atoms with Crippen molar-refractivity contribution in [3.8, 4) is 5.75 Å². The number of methoxy groups -OCH3 is 1. The van der Waals surface area contributed by atoms with Crippen molar-refractivity contribution in [3.63, 3.8) is 0 Å². The summed E-state index contributed by atoms with van der Waals surface area (Å²) in [4.78, 5) is 42.0. The summed E-state index contributed by atoms with van der Waals surface area (Å²) in [5.74, 6) is -0.138. The Balaban J connectivity index is 1.53. The van der Waals surface area contributed by atoms with E-state index in [2.05, 4.69) is 15.6 Å². The monoisotopic (exact) mass is 368 g/mol. The summed E-state index contributed by atoms with van der Waals surface area (Å²) < 4.78 is 5.07. The molecule has 0 bridgehead atoms. The Kier molecular flexibility index (Phi) is 5.65. The van der Waals surface area contributed by atoms with Crippen LogP contribution in [-0.2, 0) is 16.0 Å². The fourth-order valence-electron chi connectivity index (χ4n) is 2.78. The Morgan fingerprint density at radius 1 is 1.22 bits per heavy atom. The van der Waals surface area contributed by atoms with Crippen LogP contribution in [0.3, 0.4) is 0 Å². The lowest BCUT2D eigenvalue weighted by Crippen LogP contribution is -2.37. The third kappa shape index (κ3) is 4.41. The predicted molar refractivity (Wildman–Crippen MR) is 98.4 cm³/mol. The van der Waals surface area contributed by atoms with Crippen molar-refractivity contribution in [2.75, 3.05) is 18.6 Å². The Morgan fingerprint density at radius 3 is 2.67 bits per heavy atom.